The molecule has 1 heterocycles. The molecule has 1 aliphatic heterocycles. The highest BCUT2D eigenvalue weighted by molar-refractivity contribution is 6.34. The van der Waals surface area contributed by atoms with E-state index in [4.69, 9.17) is 16.7 Å². The van der Waals surface area contributed by atoms with Crippen molar-refractivity contribution >= 4 is 23.3 Å². The van der Waals surface area contributed by atoms with Crippen molar-refractivity contribution < 1.29 is 14.3 Å². The first-order valence-electron chi connectivity index (χ1n) is 5.00. The van der Waals surface area contributed by atoms with E-state index in [2.05, 4.69) is 0 Å². The fraction of sp³-hybridized carbons (Fsp3) is 0.364. The summed E-state index contributed by atoms with van der Waals surface area (Å²) in [7, 11) is 0. The molecule has 0 bridgehead atoms. The summed E-state index contributed by atoms with van der Waals surface area (Å²) in [6.45, 7) is 0.766. The van der Waals surface area contributed by atoms with Gasteiger partial charge in [0.15, 0.2) is 0 Å². The largest absolute Gasteiger partial charge is 0.478 e. The lowest BCUT2D eigenvalue weighted by Gasteiger charge is -2.20. The fourth-order valence-electron chi connectivity index (χ4n) is 1.92. The van der Waals surface area contributed by atoms with Crippen LogP contribution in [0.2, 0.25) is 5.02 Å². The quantitative estimate of drug-likeness (QED) is 0.868. The molecule has 86 valence electrons. The van der Waals surface area contributed by atoms with E-state index < -0.39 is 12.1 Å². The molecule has 1 aliphatic rings. The Morgan fingerprint density at radius 2 is 2.31 bits per heavy atom. The maximum Gasteiger partial charge on any atom is 0.339 e. The molecule has 0 amide bonds. The van der Waals surface area contributed by atoms with Gasteiger partial charge in [0.05, 0.1) is 10.7 Å². The van der Waals surface area contributed by atoms with Crippen LogP contribution in [-0.4, -0.2) is 30.3 Å². The summed E-state index contributed by atoms with van der Waals surface area (Å²) in [5.74, 6) is -1.08. The SMILES string of the molecule is O=C(O)c1c(Cl)cccc1N1CC[C@H](F)C1. The summed E-state index contributed by atoms with van der Waals surface area (Å²) in [6.07, 6.45) is -0.452. The minimum atomic E-state index is -1.08. The number of benzene rings is 1. The van der Waals surface area contributed by atoms with Crippen LogP contribution in [-0.2, 0) is 0 Å². The molecule has 1 atom stereocenters. The Morgan fingerprint density at radius 3 is 2.88 bits per heavy atom. The standard InChI is InChI=1S/C11H11ClFNO2/c12-8-2-1-3-9(10(8)11(15)16)14-5-4-7(13)6-14/h1-3,7H,4-6H2,(H,15,16)/t7-/m0/s1. The van der Waals surface area contributed by atoms with Gasteiger partial charge < -0.3 is 10.0 Å². The highest BCUT2D eigenvalue weighted by atomic mass is 35.5. The van der Waals surface area contributed by atoms with Gasteiger partial charge >= 0.3 is 5.97 Å². The molecule has 0 unspecified atom stereocenters. The molecule has 5 heteroatoms. The van der Waals surface area contributed by atoms with E-state index in [1.807, 2.05) is 0 Å². The zero-order valence-corrected chi connectivity index (χ0v) is 9.25. The molecule has 1 N–H and O–H groups in total. The number of carbonyl (C=O) groups is 1. The van der Waals surface area contributed by atoms with E-state index in [1.54, 1.807) is 17.0 Å². The van der Waals surface area contributed by atoms with Crippen LogP contribution in [0.4, 0.5) is 10.1 Å². The number of hydrogen-bond acceptors (Lipinski definition) is 2. The van der Waals surface area contributed by atoms with Crippen LogP contribution in [0.3, 0.4) is 0 Å². The van der Waals surface area contributed by atoms with Crippen molar-refractivity contribution in [3.8, 4) is 0 Å². The molecule has 0 aliphatic carbocycles. The average Bonchev–Trinajstić information content (AvgIpc) is 2.63. The maximum absolute atomic E-state index is 13.1. The van der Waals surface area contributed by atoms with Crippen LogP contribution in [0.1, 0.15) is 16.8 Å². The fourth-order valence-corrected chi connectivity index (χ4v) is 2.17. The smallest absolute Gasteiger partial charge is 0.339 e. The van der Waals surface area contributed by atoms with Gasteiger partial charge in [-0.1, -0.05) is 17.7 Å². The van der Waals surface area contributed by atoms with Crippen molar-refractivity contribution in [2.45, 2.75) is 12.6 Å². The van der Waals surface area contributed by atoms with Crippen LogP contribution in [0.15, 0.2) is 18.2 Å². The van der Waals surface area contributed by atoms with Crippen molar-refractivity contribution in [2.75, 3.05) is 18.0 Å². The highest BCUT2D eigenvalue weighted by Gasteiger charge is 2.26. The van der Waals surface area contributed by atoms with Crippen molar-refractivity contribution in [1.29, 1.82) is 0 Å². The number of nitrogens with zero attached hydrogens (tertiary/aromatic N) is 1. The van der Waals surface area contributed by atoms with E-state index in [0.29, 0.717) is 18.7 Å². The minimum absolute atomic E-state index is 0.0540. The van der Waals surface area contributed by atoms with Gasteiger partial charge in [-0.05, 0) is 18.6 Å². The van der Waals surface area contributed by atoms with Gasteiger partial charge in [0.25, 0.3) is 0 Å². The van der Waals surface area contributed by atoms with Crippen LogP contribution >= 0.6 is 11.6 Å². The van der Waals surface area contributed by atoms with Gasteiger partial charge in [0, 0.05) is 13.1 Å². The molecule has 0 saturated carbocycles. The molecule has 3 nitrogen and oxygen atoms in total. The first-order chi connectivity index (χ1) is 7.59. The van der Waals surface area contributed by atoms with Gasteiger partial charge in [-0.2, -0.15) is 0 Å². The number of halogens is 2. The Kier molecular flexibility index (Phi) is 3.01. The summed E-state index contributed by atoms with van der Waals surface area (Å²) in [4.78, 5) is 12.8. The lowest BCUT2D eigenvalue weighted by atomic mass is 10.1. The minimum Gasteiger partial charge on any atom is -0.478 e. The molecule has 1 aromatic rings. The first kappa shape index (κ1) is 11.2. The first-order valence-corrected chi connectivity index (χ1v) is 5.38. The third-order valence-corrected chi connectivity index (χ3v) is 2.99. The average molecular weight is 244 g/mol. The second kappa shape index (κ2) is 4.29. The monoisotopic (exact) mass is 243 g/mol. The third-order valence-electron chi connectivity index (χ3n) is 2.68. The van der Waals surface area contributed by atoms with Crippen LogP contribution < -0.4 is 4.90 Å². The molecule has 1 saturated heterocycles. The van der Waals surface area contributed by atoms with Gasteiger partial charge in [-0.15, -0.1) is 0 Å². The van der Waals surface area contributed by atoms with Crippen molar-refractivity contribution in [3.63, 3.8) is 0 Å². The van der Waals surface area contributed by atoms with Crippen molar-refractivity contribution in [1.82, 2.24) is 0 Å². The Hall–Kier alpha value is -1.29. The van der Waals surface area contributed by atoms with E-state index in [9.17, 15) is 9.18 Å². The highest BCUT2D eigenvalue weighted by Crippen LogP contribution is 2.30. The summed E-state index contributed by atoms with van der Waals surface area (Å²) in [5, 5.41) is 9.26. The van der Waals surface area contributed by atoms with Crippen molar-refractivity contribution in [3.05, 3.63) is 28.8 Å². The molecule has 0 aromatic heterocycles. The summed E-state index contributed by atoms with van der Waals surface area (Å²) in [5.41, 5.74) is 0.554. The molecule has 2 rings (SSSR count). The number of carboxylic acids is 1. The third kappa shape index (κ3) is 1.97. The van der Waals surface area contributed by atoms with E-state index >= 15 is 0 Å². The summed E-state index contributed by atoms with van der Waals surface area (Å²) in [6, 6.07) is 4.86. The van der Waals surface area contributed by atoms with Gasteiger partial charge in [0.1, 0.15) is 11.7 Å². The number of rotatable bonds is 2. The molecule has 0 radical (unpaired) electrons. The zero-order chi connectivity index (χ0) is 11.7. The van der Waals surface area contributed by atoms with Gasteiger partial charge in [-0.3, -0.25) is 0 Å². The van der Waals surface area contributed by atoms with E-state index in [0.717, 1.165) is 0 Å². The molecular formula is C11H11ClFNO2. The predicted molar refractivity (Wildman–Crippen MR) is 60.1 cm³/mol. The molecule has 1 aromatic carbocycles. The van der Waals surface area contributed by atoms with Crippen LogP contribution in [0, 0.1) is 0 Å². The molecule has 16 heavy (non-hydrogen) atoms. The number of hydrogen-bond donors (Lipinski definition) is 1. The number of anilines is 1. The van der Waals surface area contributed by atoms with E-state index in [1.165, 1.54) is 6.07 Å². The number of alkyl halides is 1. The summed E-state index contributed by atoms with van der Waals surface area (Å²) >= 11 is 5.84. The normalized spacial score (nSPS) is 20.1. The lowest BCUT2D eigenvalue weighted by molar-refractivity contribution is 0.0697. The molecule has 1 fully saturated rings. The van der Waals surface area contributed by atoms with Crippen molar-refractivity contribution in [2.24, 2.45) is 0 Å². The second-order valence-electron chi connectivity index (χ2n) is 3.77. The lowest BCUT2D eigenvalue weighted by Crippen LogP contribution is -2.22. The predicted octanol–water partition coefficient (Wildman–Crippen LogP) is 2.59. The molecule has 0 spiro atoms. The van der Waals surface area contributed by atoms with Gasteiger partial charge in [-0.25, -0.2) is 9.18 Å². The Bertz CT molecular complexity index is 424. The van der Waals surface area contributed by atoms with Crippen LogP contribution in [0.25, 0.3) is 0 Å². The Balaban J connectivity index is 2.40. The molecular weight excluding hydrogens is 233 g/mol. The van der Waals surface area contributed by atoms with E-state index in [-0.39, 0.29) is 17.1 Å². The zero-order valence-electron chi connectivity index (χ0n) is 8.49. The second-order valence-corrected chi connectivity index (χ2v) is 4.18. The topological polar surface area (TPSA) is 40.5 Å². The van der Waals surface area contributed by atoms with Crippen LogP contribution in [0.5, 0.6) is 0 Å². The number of carboxylic acid groups (broad SMARTS) is 1. The summed E-state index contributed by atoms with van der Waals surface area (Å²) < 4.78 is 13.1. The maximum atomic E-state index is 13.1. The Morgan fingerprint density at radius 1 is 1.56 bits per heavy atom. The number of aromatic carboxylic acids is 1. The Labute approximate surface area is 97.4 Å². The van der Waals surface area contributed by atoms with Gasteiger partial charge in [0.2, 0.25) is 0 Å².